The van der Waals surface area contributed by atoms with Crippen molar-refractivity contribution in [2.45, 2.75) is 52.5 Å². The Bertz CT molecular complexity index is 704. The van der Waals surface area contributed by atoms with Crippen LogP contribution in [0.2, 0.25) is 0 Å². The average Bonchev–Trinajstić information content (AvgIpc) is 2.41. The Labute approximate surface area is 133 Å². The minimum absolute atomic E-state index is 0.0160. The normalized spacial score (nSPS) is 14.2. The molecule has 2 heteroatoms. The lowest BCUT2D eigenvalue weighted by molar-refractivity contribution is 0.448. The van der Waals surface area contributed by atoms with Crippen LogP contribution in [0.3, 0.4) is 0 Å². The molecule has 3 rings (SSSR count). The zero-order chi connectivity index (χ0) is 16.1. The van der Waals surface area contributed by atoms with E-state index in [4.69, 9.17) is 4.74 Å². The Morgan fingerprint density at radius 2 is 1.41 bits per heavy atom. The van der Waals surface area contributed by atoms with Crippen LogP contribution < -0.4 is 9.64 Å². The van der Waals surface area contributed by atoms with Crippen molar-refractivity contribution < 1.29 is 4.74 Å². The first-order valence-electron chi connectivity index (χ1n) is 7.89. The maximum absolute atomic E-state index is 6.20. The van der Waals surface area contributed by atoms with Crippen LogP contribution in [0.15, 0.2) is 42.5 Å². The van der Waals surface area contributed by atoms with Crippen LogP contribution in [0.1, 0.15) is 47.1 Å². The third kappa shape index (κ3) is 2.47. The summed E-state index contributed by atoms with van der Waals surface area (Å²) in [6, 6.07) is 14.9. The van der Waals surface area contributed by atoms with Crippen molar-refractivity contribution in [3.05, 3.63) is 48.0 Å². The molecule has 0 aromatic heterocycles. The molecule has 1 aliphatic heterocycles. The molecule has 0 N–H and O–H groups in total. The molecule has 0 amide bonds. The number of rotatable bonds is 0. The van der Waals surface area contributed by atoms with E-state index in [1.165, 1.54) is 5.56 Å². The van der Waals surface area contributed by atoms with Crippen LogP contribution >= 0.6 is 0 Å². The Morgan fingerprint density at radius 3 is 2.05 bits per heavy atom. The monoisotopic (exact) mass is 295 g/mol. The van der Waals surface area contributed by atoms with Crippen molar-refractivity contribution in [1.82, 2.24) is 0 Å². The first kappa shape index (κ1) is 15.0. The second-order valence-corrected chi connectivity index (χ2v) is 8.01. The molecule has 2 aromatic carbocycles. The predicted molar refractivity (Wildman–Crippen MR) is 93.6 cm³/mol. The van der Waals surface area contributed by atoms with Crippen molar-refractivity contribution in [2.75, 3.05) is 4.90 Å². The van der Waals surface area contributed by atoms with Crippen molar-refractivity contribution in [3.63, 3.8) is 0 Å². The first-order chi connectivity index (χ1) is 10.2. The summed E-state index contributed by atoms with van der Waals surface area (Å²) in [5, 5.41) is 0. The molecule has 0 aliphatic carbocycles. The number of hydrogen-bond donors (Lipinski definition) is 0. The zero-order valence-corrected chi connectivity index (χ0v) is 14.4. The molecule has 0 saturated heterocycles. The van der Waals surface area contributed by atoms with E-state index < -0.39 is 0 Å². The molecule has 2 nitrogen and oxygen atoms in total. The Kier molecular flexibility index (Phi) is 3.24. The number of fused-ring (bicyclic) bond motifs is 2. The highest BCUT2D eigenvalue weighted by molar-refractivity contribution is 5.79. The van der Waals surface area contributed by atoms with Crippen molar-refractivity contribution in [3.8, 4) is 11.5 Å². The van der Waals surface area contributed by atoms with Crippen LogP contribution in [0.25, 0.3) is 0 Å². The summed E-state index contributed by atoms with van der Waals surface area (Å²) in [4.78, 5) is 2.37. The lowest BCUT2D eigenvalue weighted by atomic mass is 9.86. The smallest absolute Gasteiger partial charge is 0.151 e. The van der Waals surface area contributed by atoms with Crippen LogP contribution in [-0.2, 0) is 5.41 Å². The molecule has 0 saturated carbocycles. The van der Waals surface area contributed by atoms with Gasteiger partial charge in [-0.3, -0.25) is 0 Å². The van der Waals surface area contributed by atoms with Crippen LogP contribution in [0.5, 0.6) is 11.5 Å². The number of nitrogens with zero attached hydrogens (tertiary/aromatic N) is 1. The molecule has 0 fully saturated rings. The zero-order valence-electron chi connectivity index (χ0n) is 14.4. The van der Waals surface area contributed by atoms with E-state index in [2.05, 4.69) is 76.8 Å². The van der Waals surface area contributed by atoms with Gasteiger partial charge in [-0.25, -0.2) is 0 Å². The van der Waals surface area contributed by atoms with E-state index in [1.807, 2.05) is 12.1 Å². The van der Waals surface area contributed by atoms with Crippen molar-refractivity contribution >= 4 is 11.4 Å². The van der Waals surface area contributed by atoms with Gasteiger partial charge in [0.15, 0.2) is 11.5 Å². The summed E-state index contributed by atoms with van der Waals surface area (Å²) in [5.41, 5.74) is 3.66. The van der Waals surface area contributed by atoms with Gasteiger partial charge in [-0.15, -0.1) is 0 Å². The molecule has 0 spiro atoms. The highest BCUT2D eigenvalue weighted by Crippen LogP contribution is 2.50. The first-order valence-corrected chi connectivity index (χ1v) is 7.89. The summed E-state index contributed by atoms with van der Waals surface area (Å²) >= 11 is 0. The fraction of sp³-hybridized carbons (Fsp3) is 0.400. The van der Waals surface area contributed by atoms with Crippen molar-refractivity contribution in [1.29, 1.82) is 0 Å². The van der Waals surface area contributed by atoms with Gasteiger partial charge < -0.3 is 9.64 Å². The number of hydrogen-bond acceptors (Lipinski definition) is 2. The number of anilines is 2. The van der Waals surface area contributed by atoms with Gasteiger partial charge >= 0.3 is 0 Å². The molecule has 0 radical (unpaired) electrons. The highest BCUT2D eigenvalue weighted by Gasteiger charge is 2.32. The highest BCUT2D eigenvalue weighted by atomic mass is 16.5. The van der Waals surface area contributed by atoms with Gasteiger partial charge in [0.25, 0.3) is 0 Å². The van der Waals surface area contributed by atoms with E-state index in [-0.39, 0.29) is 11.0 Å². The van der Waals surface area contributed by atoms with Gasteiger partial charge in [0.1, 0.15) is 0 Å². The SMILES string of the molecule is CC(C)(C)c1ccc2c(c1)Oc1ccccc1N2C(C)(C)C. The molecule has 0 bridgehead atoms. The summed E-state index contributed by atoms with van der Waals surface area (Å²) in [6.07, 6.45) is 0. The number of para-hydroxylation sites is 2. The maximum atomic E-state index is 6.20. The van der Waals surface area contributed by atoms with Gasteiger partial charge in [0.05, 0.1) is 11.4 Å². The van der Waals surface area contributed by atoms with E-state index in [0.29, 0.717) is 0 Å². The van der Waals surface area contributed by atoms with Crippen molar-refractivity contribution in [2.24, 2.45) is 0 Å². The van der Waals surface area contributed by atoms with E-state index in [0.717, 1.165) is 22.9 Å². The molecule has 0 atom stereocenters. The topological polar surface area (TPSA) is 12.5 Å². The molecular weight excluding hydrogens is 270 g/mol. The van der Waals surface area contributed by atoms with Gasteiger partial charge in [-0.2, -0.15) is 0 Å². The largest absolute Gasteiger partial charge is 0.453 e. The summed E-state index contributed by atoms with van der Waals surface area (Å²) in [6.45, 7) is 13.4. The van der Waals surface area contributed by atoms with E-state index in [1.54, 1.807) is 0 Å². The third-order valence-electron chi connectivity index (χ3n) is 4.06. The lowest BCUT2D eigenvalue weighted by Gasteiger charge is -2.42. The Morgan fingerprint density at radius 1 is 0.773 bits per heavy atom. The molecule has 116 valence electrons. The van der Waals surface area contributed by atoms with Gasteiger partial charge in [0, 0.05) is 5.54 Å². The number of benzene rings is 2. The van der Waals surface area contributed by atoms with Crippen LogP contribution in [-0.4, -0.2) is 5.54 Å². The average molecular weight is 295 g/mol. The third-order valence-corrected chi connectivity index (χ3v) is 4.06. The van der Waals surface area contributed by atoms with Gasteiger partial charge in [-0.05, 0) is 56.0 Å². The summed E-state index contributed by atoms with van der Waals surface area (Å²) < 4.78 is 6.20. The minimum Gasteiger partial charge on any atom is -0.453 e. The maximum Gasteiger partial charge on any atom is 0.151 e. The molecule has 2 aromatic rings. The molecule has 1 aliphatic rings. The second-order valence-electron chi connectivity index (χ2n) is 8.01. The number of ether oxygens (including phenoxy) is 1. The Balaban J connectivity index is 2.19. The fourth-order valence-electron chi connectivity index (χ4n) is 2.95. The van der Waals surface area contributed by atoms with E-state index in [9.17, 15) is 0 Å². The van der Waals surface area contributed by atoms with Crippen LogP contribution in [0, 0.1) is 0 Å². The fourth-order valence-corrected chi connectivity index (χ4v) is 2.95. The van der Waals surface area contributed by atoms with E-state index >= 15 is 0 Å². The second kappa shape index (κ2) is 4.77. The van der Waals surface area contributed by atoms with Gasteiger partial charge in [-0.1, -0.05) is 39.0 Å². The van der Waals surface area contributed by atoms with Gasteiger partial charge in [0.2, 0.25) is 0 Å². The molecular formula is C20H25NO. The minimum atomic E-state index is -0.0160. The lowest BCUT2D eigenvalue weighted by Crippen LogP contribution is -2.39. The standard InChI is InChI=1S/C20H25NO/c1-19(2,3)14-11-12-16-18(13-14)22-17-10-8-7-9-15(17)21(16)20(4,5)6/h7-13H,1-6H3. The molecule has 22 heavy (non-hydrogen) atoms. The Hall–Kier alpha value is -1.96. The summed E-state index contributed by atoms with van der Waals surface area (Å²) in [7, 11) is 0. The molecule has 1 heterocycles. The summed E-state index contributed by atoms with van der Waals surface area (Å²) in [5.74, 6) is 1.87. The molecule has 0 unspecified atom stereocenters. The van der Waals surface area contributed by atoms with Crippen LogP contribution in [0.4, 0.5) is 11.4 Å². The predicted octanol–water partition coefficient (Wildman–Crippen LogP) is 6.03. The quantitative estimate of drug-likeness (QED) is 0.588.